The van der Waals surface area contributed by atoms with Crippen molar-refractivity contribution in [1.29, 1.82) is 0 Å². The highest BCUT2D eigenvalue weighted by Crippen LogP contribution is 2.58. The largest absolute Gasteiger partial charge is 0.507 e. The molecule has 0 radical (unpaired) electrons. The Labute approximate surface area is 393 Å². The molecule has 2 unspecified atom stereocenters. The second-order valence-electron chi connectivity index (χ2n) is 17.0. The first-order valence-electron chi connectivity index (χ1n) is 23.6. The number of nitrogens with one attached hydrogen (secondary N) is 1. The van der Waals surface area contributed by atoms with Crippen molar-refractivity contribution in [1.82, 2.24) is 0 Å². The summed E-state index contributed by atoms with van der Waals surface area (Å²) in [5, 5.41) is 15.4. The number of phenolic OH excluding ortho intramolecular Hbond substituents is 1. The molecule has 2 N–H and O–H groups in total. The quantitative estimate of drug-likeness (QED) is 0.0907. The third-order valence-electron chi connectivity index (χ3n) is 13.8. The highest BCUT2D eigenvalue weighted by molar-refractivity contribution is 5.99. The third kappa shape index (κ3) is 7.19. The Morgan fingerprint density at radius 1 is 0.507 bits per heavy atom. The molecule has 0 aromatic heterocycles. The van der Waals surface area contributed by atoms with Gasteiger partial charge in [-0.25, -0.2) is 9.59 Å². The van der Waals surface area contributed by atoms with Crippen LogP contribution in [0, 0.1) is 0 Å². The van der Waals surface area contributed by atoms with Gasteiger partial charge in [-0.3, -0.25) is 0 Å². The van der Waals surface area contributed by atoms with E-state index in [-0.39, 0.29) is 5.75 Å². The first kappa shape index (κ1) is 44.8. The van der Waals surface area contributed by atoms with Crippen LogP contribution in [-0.4, -0.2) is 62.9 Å². The lowest BCUT2D eigenvalue weighted by molar-refractivity contribution is 0.0220. The molecule has 0 fully saturated rings. The lowest BCUT2D eigenvalue weighted by Gasteiger charge is -2.37. The van der Waals surface area contributed by atoms with E-state index in [0.717, 1.165) is 91.1 Å². The predicted molar refractivity (Wildman–Crippen MR) is 268 cm³/mol. The van der Waals surface area contributed by atoms with Crippen molar-refractivity contribution in [3.05, 3.63) is 173 Å². The number of carbonyl (C=O) groups is 2. The van der Waals surface area contributed by atoms with Crippen LogP contribution in [0.25, 0.3) is 0 Å². The molecule has 1 spiro atoms. The summed E-state index contributed by atoms with van der Waals surface area (Å²) in [5.41, 5.74) is 7.41. The monoisotopic (exact) mass is 897 g/mol. The molecular weight excluding hydrogens is 839 g/mol. The van der Waals surface area contributed by atoms with Gasteiger partial charge in [0.25, 0.3) is 0 Å². The fraction of sp³-hybridized carbons (Fsp3) is 0.286. The van der Waals surface area contributed by atoms with Gasteiger partial charge in [-0.1, -0.05) is 30.8 Å². The molecule has 0 amide bonds. The molecule has 3 aliphatic rings. The molecule has 0 saturated carbocycles. The fourth-order valence-electron chi connectivity index (χ4n) is 10.3. The van der Waals surface area contributed by atoms with E-state index in [9.17, 15) is 14.7 Å². The normalized spacial score (nSPS) is 17.4. The van der Waals surface area contributed by atoms with Crippen LogP contribution in [0.15, 0.2) is 128 Å². The average molecular weight is 898 g/mol. The smallest absolute Gasteiger partial charge is 0.340 e. The molecule has 3 heterocycles. The molecule has 3 aliphatic heterocycles. The van der Waals surface area contributed by atoms with E-state index in [0.29, 0.717) is 44.9 Å². The molecule has 11 heteroatoms. The number of hydrogen-bond donors (Lipinski definition) is 2. The number of phenols is 1. The summed E-state index contributed by atoms with van der Waals surface area (Å²) in [6.07, 6.45) is 1.79. The van der Waals surface area contributed by atoms with E-state index < -0.39 is 23.1 Å². The Morgan fingerprint density at radius 2 is 1.00 bits per heavy atom. The third-order valence-corrected chi connectivity index (χ3v) is 13.8. The van der Waals surface area contributed by atoms with E-state index >= 15 is 0 Å². The van der Waals surface area contributed by atoms with Crippen LogP contribution in [0.5, 0.6) is 17.2 Å². The molecule has 0 bridgehead atoms. The maximum Gasteiger partial charge on any atom is 0.340 e. The molecular formula is C56H59N5O6. The van der Waals surface area contributed by atoms with Crippen LogP contribution >= 0.6 is 0 Å². The second kappa shape index (κ2) is 17.8. The van der Waals surface area contributed by atoms with Gasteiger partial charge < -0.3 is 44.2 Å². The van der Waals surface area contributed by atoms with Gasteiger partial charge in [0.1, 0.15) is 17.2 Å². The predicted octanol–water partition coefficient (Wildman–Crippen LogP) is 11.7. The van der Waals surface area contributed by atoms with E-state index in [1.807, 2.05) is 108 Å². The summed E-state index contributed by atoms with van der Waals surface area (Å²) in [7, 11) is 0. The van der Waals surface area contributed by atoms with Gasteiger partial charge >= 0.3 is 11.9 Å². The van der Waals surface area contributed by atoms with Crippen LogP contribution < -0.4 is 29.7 Å². The number of carbonyl (C=O) groups excluding carboxylic acids is 2. The summed E-state index contributed by atoms with van der Waals surface area (Å²) in [6, 6.07) is 37.1. The number of esters is 2. The first-order valence-corrected chi connectivity index (χ1v) is 23.6. The summed E-state index contributed by atoms with van der Waals surface area (Å²) >= 11 is 0. The van der Waals surface area contributed by atoms with Crippen molar-refractivity contribution in [3.8, 4) is 17.2 Å². The zero-order valence-corrected chi connectivity index (χ0v) is 39.5. The van der Waals surface area contributed by atoms with Gasteiger partial charge in [-0.2, -0.15) is 0 Å². The minimum absolute atomic E-state index is 0.0323. The van der Waals surface area contributed by atoms with Crippen molar-refractivity contribution in [2.24, 2.45) is 0 Å². The van der Waals surface area contributed by atoms with Crippen LogP contribution in [0.4, 0.5) is 34.1 Å². The van der Waals surface area contributed by atoms with E-state index in [1.165, 1.54) is 0 Å². The van der Waals surface area contributed by atoms with Crippen molar-refractivity contribution in [2.75, 3.05) is 70.7 Å². The van der Waals surface area contributed by atoms with Gasteiger partial charge in [-0.05, 0) is 134 Å². The molecule has 11 nitrogen and oxygen atoms in total. The van der Waals surface area contributed by atoms with Crippen LogP contribution in [0.1, 0.15) is 103 Å². The summed E-state index contributed by atoms with van der Waals surface area (Å²) in [4.78, 5) is 36.7. The Kier molecular flexibility index (Phi) is 11.9. The topological polar surface area (TPSA) is 107 Å². The van der Waals surface area contributed by atoms with Crippen molar-refractivity contribution in [3.63, 3.8) is 0 Å². The average Bonchev–Trinajstić information content (AvgIpc) is 3.81. The van der Waals surface area contributed by atoms with E-state index in [1.54, 1.807) is 12.3 Å². The molecule has 9 rings (SSSR count). The Balaban J connectivity index is 1.12. The summed E-state index contributed by atoms with van der Waals surface area (Å²) in [5.74, 6) is 0.341. The number of benzene rings is 6. The van der Waals surface area contributed by atoms with Gasteiger partial charge in [0.05, 0.1) is 11.1 Å². The molecule has 0 saturated heterocycles. The lowest BCUT2D eigenvalue weighted by Crippen LogP contribution is -2.33. The maximum absolute atomic E-state index is 14.1. The van der Waals surface area contributed by atoms with Crippen molar-refractivity contribution < 1.29 is 28.9 Å². The Hall–Kier alpha value is -7.40. The Bertz CT molecular complexity index is 2890. The number of ether oxygens (including phenoxy) is 3. The Morgan fingerprint density at radius 3 is 1.54 bits per heavy atom. The summed E-state index contributed by atoms with van der Waals surface area (Å²) < 4.78 is 19.8. The standard InChI is InChI=1S/C56H59N5O6/c1-9-58(10-2)39-22-26-45-43(32-39)53(63)66-55(45,47-28-24-41(34-50(47)62)60(13-5)14-6)36-17-19-37(20-18-36)57-38-21-30-51-49(31-38)56(48-29-25-42(35-52(48)65-51)61(15-7)16-8)46-27-23-40(59(11-3)12-4)33-44(46)54(64)67-56/h15,17-35,57,62H,7,9-14,16H2,1-6,8H3. The van der Waals surface area contributed by atoms with Gasteiger partial charge in [-0.15, -0.1) is 0 Å². The SMILES string of the molecule is C=CN(CC)c1ccc2c(c1)Oc1ccc(Nc3ccc(C4(c5ccc(N(CC)CC)cc5O)OC(=O)c5cc(N(CC)CC)ccc54)cc3)cc1C21OC(=O)c2cc(N(CC)CC)ccc21. The number of anilines is 6. The number of fused-ring (bicyclic) bond motifs is 7. The highest BCUT2D eigenvalue weighted by Gasteiger charge is 2.54. The minimum Gasteiger partial charge on any atom is -0.507 e. The van der Waals surface area contributed by atoms with Crippen molar-refractivity contribution in [2.45, 2.75) is 59.7 Å². The van der Waals surface area contributed by atoms with Crippen LogP contribution in [0.2, 0.25) is 0 Å². The second-order valence-corrected chi connectivity index (χ2v) is 17.0. The number of hydrogen-bond acceptors (Lipinski definition) is 11. The van der Waals surface area contributed by atoms with Crippen LogP contribution in [-0.2, 0) is 20.7 Å². The number of cyclic esters (lactones) is 1. The number of aromatic hydroxyl groups is 1. The van der Waals surface area contributed by atoms with Gasteiger partial charge in [0, 0.05) is 125 Å². The van der Waals surface area contributed by atoms with Gasteiger partial charge in [0.15, 0.2) is 11.2 Å². The molecule has 67 heavy (non-hydrogen) atoms. The van der Waals surface area contributed by atoms with E-state index in [4.69, 9.17) is 14.2 Å². The zero-order valence-electron chi connectivity index (χ0n) is 39.5. The number of nitrogens with zero attached hydrogens (tertiary/aromatic N) is 4. The molecule has 344 valence electrons. The summed E-state index contributed by atoms with van der Waals surface area (Å²) in [6.45, 7) is 24.0. The molecule has 6 aromatic rings. The zero-order chi connectivity index (χ0) is 47.2. The van der Waals surface area contributed by atoms with Crippen molar-refractivity contribution >= 4 is 46.1 Å². The molecule has 0 aliphatic carbocycles. The highest BCUT2D eigenvalue weighted by atomic mass is 16.6. The molecule has 6 aromatic carbocycles. The van der Waals surface area contributed by atoms with Crippen LogP contribution in [0.3, 0.4) is 0 Å². The number of rotatable bonds is 16. The maximum atomic E-state index is 14.1. The van der Waals surface area contributed by atoms with E-state index in [2.05, 4.69) is 81.1 Å². The fourth-order valence-corrected chi connectivity index (χ4v) is 10.3. The lowest BCUT2D eigenvalue weighted by atomic mass is 9.77. The minimum atomic E-state index is -1.42. The first-order chi connectivity index (χ1) is 32.5. The van der Waals surface area contributed by atoms with Gasteiger partial charge in [0.2, 0.25) is 0 Å². The molecule has 2 atom stereocenters.